The van der Waals surface area contributed by atoms with Gasteiger partial charge in [0, 0.05) is 23.9 Å². The average molecular weight is 406 g/mol. The fourth-order valence-corrected chi connectivity index (χ4v) is 4.77. The fraction of sp³-hybridized carbons (Fsp3) is 0.316. The number of para-hydroxylation sites is 1. The lowest BCUT2D eigenvalue weighted by molar-refractivity contribution is 0.344. The van der Waals surface area contributed by atoms with Crippen LogP contribution in [0, 0.1) is 0 Å². The molecule has 144 valence electrons. The van der Waals surface area contributed by atoms with Crippen molar-refractivity contribution in [2.75, 3.05) is 26.4 Å². The van der Waals surface area contributed by atoms with Crippen LogP contribution in [0.3, 0.4) is 0 Å². The minimum atomic E-state index is -3.60. The number of nitrogens with zero attached hydrogens (tertiary/aromatic N) is 2. The van der Waals surface area contributed by atoms with Crippen LogP contribution >= 0.6 is 11.8 Å². The SMILES string of the molecule is CN(C)Cc1ccc(CSCCNS(=O)(=O)c2cccc3cccnc23)o1. The van der Waals surface area contributed by atoms with E-state index in [4.69, 9.17) is 4.42 Å². The number of benzene rings is 1. The Morgan fingerprint density at radius 1 is 1.11 bits per heavy atom. The van der Waals surface area contributed by atoms with Gasteiger partial charge in [-0.25, -0.2) is 13.1 Å². The lowest BCUT2D eigenvalue weighted by Gasteiger charge is -2.08. The van der Waals surface area contributed by atoms with Crippen LogP contribution in [0.5, 0.6) is 0 Å². The number of rotatable bonds is 9. The van der Waals surface area contributed by atoms with Gasteiger partial charge in [0.05, 0.1) is 17.8 Å². The summed E-state index contributed by atoms with van der Waals surface area (Å²) in [5.74, 6) is 3.20. The smallest absolute Gasteiger partial charge is 0.242 e. The number of pyridine rings is 1. The topological polar surface area (TPSA) is 75.4 Å². The Kier molecular flexibility index (Phi) is 6.54. The summed E-state index contributed by atoms with van der Waals surface area (Å²) in [7, 11) is 0.393. The Morgan fingerprint density at radius 3 is 2.70 bits per heavy atom. The molecule has 0 unspecified atom stereocenters. The number of hydrogen-bond acceptors (Lipinski definition) is 6. The second kappa shape index (κ2) is 8.88. The van der Waals surface area contributed by atoms with E-state index in [0.29, 0.717) is 23.6 Å². The standard InChI is InChI=1S/C19H23N3O3S2/c1-22(2)13-16-8-9-17(25-16)14-26-12-11-21-27(23,24)18-7-3-5-15-6-4-10-20-19(15)18/h3-10,21H,11-14H2,1-2H3. The highest BCUT2D eigenvalue weighted by Crippen LogP contribution is 2.20. The molecule has 0 fully saturated rings. The van der Waals surface area contributed by atoms with Gasteiger partial charge in [0.25, 0.3) is 0 Å². The Hall–Kier alpha value is -1.87. The van der Waals surface area contributed by atoms with E-state index in [-0.39, 0.29) is 4.90 Å². The number of aromatic nitrogens is 1. The van der Waals surface area contributed by atoms with E-state index in [1.165, 1.54) is 0 Å². The quantitative estimate of drug-likeness (QED) is 0.552. The molecule has 1 aromatic carbocycles. The second-order valence-electron chi connectivity index (χ2n) is 6.39. The molecule has 3 rings (SSSR count). The normalized spacial score (nSPS) is 12.1. The van der Waals surface area contributed by atoms with Gasteiger partial charge in [-0.15, -0.1) is 0 Å². The van der Waals surface area contributed by atoms with Gasteiger partial charge < -0.3 is 9.32 Å². The predicted octanol–water partition coefficient (Wildman–Crippen LogP) is 3.10. The van der Waals surface area contributed by atoms with Crippen molar-refractivity contribution in [1.82, 2.24) is 14.6 Å². The molecule has 0 saturated heterocycles. The third-order valence-corrected chi connectivity index (χ3v) is 6.33. The van der Waals surface area contributed by atoms with Crippen molar-refractivity contribution in [3.8, 4) is 0 Å². The van der Waals surface area contributed by atoms with Crippen molar-refractivity contribution in [3.63, 3.8) is 0 Å². The lowest BCUT2D eigenvalue weighted by Crippen LogP contribution is -2.26. The van der Waals surface area contributed by atoms with Crippen LogP contribution < -0.4 is 4.72 Å². The summed E-state index contributed by atoms with van der Waals surface area (Å²) < 4.78 is 33.6. The molecule has 0 bridgehead atoms. The maximum atomic E-state index is 12.6. The molecule has 0 aliphatic carbocycles. The van der Waals surface area contributed by atoms with Gasteiger partial charge in [-0.05, 0) is 38.4 Å². The molecule has 2 aromatic heterocycles. The van der Waals surface area contributed by atoms with Crippen LogP contribution in [0.2, 0.25) is 0 Å². The van der Waals surface area contributed by atoms with E-state index in [2.05, 4.69) is 9.71 Å². The van der Waals surface area contributed by atoms with Gasteiger partial charge in [0.2, 0.25) is 10.0 Å². The van der Waals surface area contributed by atoms with Crippen molar-refractivity contribution in [2.24, 2.45) is 0 Å². The first-order valence-electron chi connectivity index (χ1n) is 8.59. The first kappa shape index (κ1) is 19.9. The van der Waals surface area contributed by atoms with Crippen LogP contribution in [-0.2, 0) is 22.3 Å². The molecule has 3 aromatic rings. The van der Waals surface area contributed by atoms with Gasteiger partial charge >= 0.3 is 0 Å². The number of fused-ring (bicyclic) bond motifs is 1. The van der Waals surface area contributed by atoms with Crippen LogP contribution in [0.25, 0.3) is 10.9 Å². The Morgan fingerprint density at radius 2 is 1.89 bits per heavy atom. The number of thioether (sulfide) groups is 1. The van der Waals surface area contributed by atoms with Crippen LogP contribution in [0.4, 0.5) is 0 Å². The molecule has 8 heteroatoms. The maximum absolute atomic E-state index is 12.6. The number of furan rings is 1. The highest BCUT2D eigenvalue weighted by molar-refractivity contribution is 7.98. The van der Waals surface area contributed by atoms with Crippen molar-refractivity contribution in [2.45, 2.75) is 17.2 Å². The summed E-state index contributed by atoms with van der Waals surface area (Å²) in [5, 5.41) is 0.807. The molecular formula is C19H23N3O3S2. The summed E-state index contributed by atoms with van der Waals surface area (Å²) >= 11 is 1.63. The molecule has 27 heavy (non-hydrogen) atoms. The summed E-state index contributed by atoms with van der Waals surface area (Å²) in [5.41, 5.74) is 0.490. The molecule has 0 atom stereocenters. The van der Waals surface area contributed by atoms with E-state index in [1.54, 1.807) is 36.2 Å². The minimum absolute atomic E-state index is 0.213. The van der Waals surface area contributed by atoms with E-state index < -0.39 is 10.0 Å². The molecule has 0 amide bonds. The Balaban J connectivity index is 1.51. The Labute approximate surface area is 164 Å². The summed E-state index contributed by atoms with van der Waals surface area (Å²) in [6, 6.07) is 12.8. The van der Waals surface area contributed by atoms with E-state index in [1.807, 2.05) is 43.3 Å². The lowest BCUT2D eigenvalue weighted by atomic mass is 10.2. The molecule has 0 aliphatic heterocycles. The molecule has 0 saturated carbocycles. The highest BCUT2D eigenvalue weighted by Gasteiger charge is 2.17. The van der Waals surface area contributed by atoms with Gasteiger partial charge in [0.1, 0.15) is 16.4 Å². The summed E-state index contributed by atoms with van der Waals surface area (Å²) in [6.45, 7) is 1.12. The van der Waals surface area contributed by atoms with E-state index in [9.17, 15) is 8.42 Å². The van der Waals surface area contributed by atoms with Crippen LogP contribution in [0.15, 0.2) is 58.0 Å². The van der Waals surface area contributed by atoms with Crippen molar-refractivity contribution in [1.29, 1.82) is 0 Å². The maximum Gasteiger partial charge on any atom is 0.242 e. The highest BCUT2D eigenvalue weighted by atomic mass is 32.2. The Bertz CT molecular complexity index is 995. The zero-order chi connectivity index (χ0) is 19.3. The van der Waals surface area contributed by atoms with Crippen LogP contribution in [-0.4, -0.2) is 44.7 Å². The summed E-state index contributed by atoms with van der Waals surface area (Å²) in [4.78, 5) is 6.48. The van der Waals surface area contributed by atoms with Crippen molar-refractivity contribution < 1.29 is 12.8 Å². The van der Waals surface area contributed by atoms with E-state index >= 15 is 0 Å². The molecule has 6 nitrogen and oxygen atoms in total. The average Bonchev–Trinajstić information content (AvgIpc) is 3.07. The first-order chi connectivity index (χ1) is 13.0. The molecule has 0 aliphatic rings. The largest absolute Gasteiger partial charge is 0.464 e. The number of nitrogens with one attached hydrogen (secondary N) is 1. The van der Waals surface area contributed by atoms with Crippen LogP contribution in [0.1, 0.15) is 11.5 Å². The molecule has 1 N–H and O–H groups in total. The van der Waals surface area contributed by atoms with Crippen molar-refractivity contribution in [3.05, 3.63) is 60.2 Å². The first-order valence-corrected chi connectivity index (χ1v) is 11.2. The molecular weight excluding hydrogens is 382 g/mol. The molecule has 0 spiro atoms. The predicted molar refractivity (Wildman–Crippen MR) is 109 cm³/mol. The monoisotopic (exact) mass is 405 g/mol. The van der Waals surface area contributed by atoms with Gasteiger partial charge in [-0.1, -0.05) is 18.2 Å². The van der Waals surface area contributed by atoms with Crippen molar-refractivity contribution >= 4 is 32.7 Å². The third kappa shape index (κ3) is 5.32. The molecule has 2 heterocycles. The third-order valence-electron chi connectivity index (χ3n) is 3.86. The number of hydrogen-bond donors (Lipinski definition) is 1. The van der Waals surface area contributed by atoms with Gasteiger partial charge in [-0.3, -0.25) is 4.98 Å². The zero-order valence-corrected chi connectivity index (χ0v) is 17.0. The van der Waals surface area contributed by atoms with E-state index in [0.717, 1.165) is 23.5 Å². The zero-order valence-electron chi connectivity index (χ0n) is 15.4. The van der Waals surface area contributed by atoms with Gasteiger partial charge in [-0.2, -0.15) is 11.8 Å². The summed E-state index contributed by atoms with van der Waals surface area (Å²) in [6.07, 6.45) is 1.60. The second-order valence-corrected chi connectivity index (χ2v) is 9.23. The van der Waals surface area contributed by atoms with Gasteiger partial charge in [0.15, 0.2) is 0 Å². The molecule has 0 radical (unpaired) electrons. The fourth-order valence-electron chi connectivity index (χ4n) is 2.69. The number of sulfonamides is 1. The minimum Gasteiger partial charge on any atom is -0.464 e.